The van der Waals surface area contributed by atoms with Crippen molar-refractivity contribution in [3.63, 3.8) is 0 Å². The molecule has 1 amide bonds. The van der Waals surface area contributed by atoms with Gasteiger partial charge in [-0.1, -0.05) is 23.7 Å². The van der Waals surface area contributed by atoms with Crippen LogP contribution in [-0.4, -0.2) is 10.9 Å². The van der Waals surface area contributed by atoms with Gasteiger partial charge in [-0.05, 0) is 23.6 Å². The predicted molar refractivity (Wildman–Crippen MR) is 93.9 cm³/mol. The van der Waals surface area contributed by atoms with Crippen molar-refractivity contribution in [2.45, 2.75) is 6.42 Å². The molecule has 0 saturated heterocycles. The van der Waals surface area contributed by atoms with Gasteiger partial charge in [0.15, 0.2) is 0 Å². The molecule has 1 N–H and O–H groups in total. The highest BCUT2D eigenvalue weighted by molar-refractivity contribution is 7.14. The van der Waals surface area contributed by atoms with Gasteiger partial charge in [-0.15, -0.1) is 22.7 Å². The van der Waals surface area contributed by atoms with Crippen LogP contribution < -0.4 is 5.32 Å². The van der Waals surface area contributed by atoms with Crippen LogP contribution in [-0.2, 0) is 11.2 Å². The highest BCUT2D eigenvalue weighted by atomic mass is 35.5. The largest absolute Gasteiger partial charge is 0.316 e. The maximum absolute atomic E-state index is 12.1. The first kappa shape index (κ1) is 15.7. The van der Waals surface area contributed by atoms with Gasteiger partial charge in [-0.25, -0.2) is 4.98 Å². The van der Waals surface area contributed by atoms with E-state index < -0.39 is 0 Å². The molecule has 3 aromatic rings. The first-order valence-corrected chi connectivity index (χ1v) is 8.77. The Morgan fingerprint density at radius 1 is 1.35 bits per heavy atom. The molecule has 0 bridgehead atoms. The molecule has 0 saturated carbocycles. The summed E-state index contributed by atoms with van der Waals surface area (Å²) in [6, 6.07) is 11.2. The number of nitrogens with zero attached hydrogens (tertiary/aromatic N) is 2. The number of amides is 1. The molecule has 23 heavy (non-hydrogen) atoms. The molecule has 114 valence electrons. The van der Waals surface area contributed by atoms with Crippen LogP contribution in [0.1, 0.15) is 11.3 Å². The number of halogens is 1. The van der Waals surface area contributed by atoms with Crippen LogP contribution in [0.15, 0.2) is 41.1 Å². The van der Waals surface area contributed by atoms with Gasteiger partial charge in [0.2, 0.25) is 5.91 Å². The molecule has 0 unspecified atom stereocenters. The van der Waals surface area contributed by atoms with Gasteiger partial charge in [0.25, 0.3) is 0 Å². The van der Waals surface area contributed by atoms with E-state index in [0.29, 0.717) is 21.3 Å². The second-order valence-electron chi connectivity index (χ2n) is 4.65. The van der Waals surface area contributed by atoms with Gasteiger partial charge < -0.3 is 5.32 Å². The van der Waals surface area contributed by atoms with Crippen LogP contribution in [0.2, 0.25) is 5.02 Å². The number of nitrogens with one attached hydrogen (secondary N) is 1. The van der Waals surface area contributed by atoms with Crippen molar-refractivity contribution in [3.8, 4) is 16.6 Å². The molecule has 0 radical (unpaired) electrons. The topological polar surface area (TPSA) is 65.8 Å². The third-order valence-corrected chi connectivity index (χ3v) is 5.01. The van der Waals surface area contributed by atoms with Crippen LogP contribution in [0.4, 0.5) is 5.00 Å². The summed E-state index contributed by atoms with van der Waals surface area (Å²) in [7, 11) is 0. The second kappa shape index (κ2) is 6.92. The lowest BCUT2D eigenvalue weighted by Crippen LogP contribution is -2.14. The van der Waals surface area contributed by atoms with Crippen molar-refractivity contribution in [2.75, 3.05) is 5.32 Å². The molecule has 0 atom stereocenters. The lowest BCUT2D eigenvalue weighted by molar-refractivity contribution is -0.115. The van der Waals surface area contributed by atoms with Crippen LogP contribution in [0, 0.1) is 11.3 Å². The Labute approximate surface area is 146 Å². The maximum Gasteiger partial charge on any atom is 0.231 e. The quantitative estimate of drug-likeness (QED) is 0.741. The first-order chi connectivity index (χ1) is 11.2. The van der Waals surface area contributed by atoms with E-state index >= 15 is 0 Å². The number of nitriles is 1. The van der Waals surface area contributed by atoms with E-state index in [-0.39, 0.29) is 12.3 Å². The minimum absolute atomic E-state index is 0.167. The summed E-state index contributed by atoms with van der Waals surface area (Å²) in [5.41, 5.74) is 2.10. The zero-order valence-electron chi connectivity index (χ0n) is 11.7. The lowest BCUT2D eigenvalue weighted by atomic mass is 10.2. The molecule has 0 spiro atoms. The number of carbonyl (C=O) groups excluding carboxylic acids is 1. The molecule has 0 aliphatic carbocycles. The Kier molecular flexibility index (Phi) is 4.72. The fourth-order valence-corrected chi connectivity index (χ4v) is 3.73. The number of benzene rings is 1. The number of anilines is 1. The zero-order valence-corrected chi connectivity index (χ0v) is 14.1. The molecule has 2 heterocycles. The molecular formula is C16H10ClN3OS2. The summed E-state index contributed by atoms with van der Waals surface area (Å²) >= 11 is 8.78. The van der Waals surface area contributed by atoms with Crippen molar-refractivity contribution in [2.24, 2.45) is 0 Å². The second-order valence-corrected chi connectivity index (χ2v) is 6.87. The van der Waals surface area contributed by atoms with E-state index in [1.54, 1.807) is 17.5 Å². The van der Waals surface area contributed by atoms with Gasteiger partial charge in [0, 0.05) is 16.0 Å². The standard InChI is InChI=1S/C16H10ClN3OS2/c17-12-3-1-2-10(6-12)15-19-13(9-23-15)7-14(21)20-16-11(8-18)4-5-22-16/h1-6,9H,7H2,(H,20,21). The number of rotatable bonds is 4. The third-order valence-electron chi connectivity index (χ3n) is 3.00. The summed E-state index contributed by atoms with van der Waals surface area (Å²) in [4.78, 5) is 16.5. The van der Waals surface area contributed by atoms with Crippen LogP contribution in [0.5, 0.6) is 0 Å². The van der Waals surface area contributed by atoms with Crippen LogP contribution in [0.25, 0.3) is 10.6 Å². The number of hydrogen-bond donors (Lipinski definition) is 1. The SMILES string of the molecule is N#Cc1ccsc1NC(=O)Cc1csc(-c2cccc(Cl)c2)n1. The molecule has 4 nitrogen and oxygen atoms in total. The van der Waals surface area contributed by atoms with Crippen molar-refractivity contribution >= 4 is 45.2 Å². The van der Waals surface area contributed by atoms with Crippen LogP contribution >= 0.6 is 34.3 Å². The van der Waals surface area contributed by atoms with E-state index in [9.17, 15) is 4.79 Å². The fraction of sp³-hybridized carbons (Fsp3) is 0.0625. The molecule has 7 heteroatoms. The summed E-state index contributed by atoms with van der Waals surface area (Å²) in [6.07, 6.45) is 0.167. The van der Waals surface area contributed by atoms with E-state index in [1.165, 1.54) is 22.7 Å². The first-order valence-electron chi connectivity index (χ1n) is 6.63. The highest BCUT2D eigenvalue weighted by Gasteiger charge is 2.12. The highest BCUT2D eigenvalue weighted by Crippen LogP contribution is 2.27. The van der Waals surface area contributed by atoms with Crippen molar-refractivity contribution < 1.29 is 4.79 Å². The zero-order chi connectivity index (χ0) is 16.2. The number of thiazole rings is 1. The summed E-state index contributed by atoms with van der Waals surface area (Å²) in [5.74, 6) is -0.188. The predicted octanol–water partition coefficient (Wildman–Crippen LogP) is 4.58. The Morgan fingerprint density at radius 3 is 3.00 bits per heavy atom. The molecule has 0 aliphatic rings. The minimum atomic E-state index is -0.188. The normalized spacial score (nSPS) is 10.3. The number of hydrogen-bond acceptors (Lipinski definition) is 5. The molecule has 3 rings (SSSR count). The summed E-state index contributed by atoms with van der Waals surface area (Å²) in [5, 5.41) is 17.4. The number of thiophene rings is 1. The number of aromatic nitrogens is 1. The summed E-state index contributed by atoms with van der Waals surface area (Å²) < 4.78 is 0. The summed E-state index contributed by atoms with van der Waals surface area (Å²) in [6.45, 7) is 0. The molecule has 0 fully saturated rings. The van der Waals surface area contributed by atoms with E-state index in [4.69, 9.17) is 16.9 Å². The van der Waals surface area contributed by atoms with Crippen molar-refractivity contribution in [3.05, 3.63) is 57.4 Å². The van der Waals surface area contributed by atoms with E-state index in [2.05, 4.69) is 10.3 Å². The molecule has 2 aromatic heterocycles. The van der Waals surface area contributed by atoms with Gasteiger partial charge in [0.05, 0.1) is 17.7 Å². The Morgan fingerprint density at radius 2 is 2.22 bits per heavy atom. The Bertz CT molecular complexity index is 895. The third kappa shape index (κ3) is 3.77. The number of carbonyl (C=O) groups is 1. The lowest BCUT2D eigenvalue weighted by Gasteiger charge is -2.01. The Balaban J connectivity index is 1.69. The fourth-order valence-electron chi connectivity index (χ4n) is 1.97. The van der Waals surface area contributed by atoms with Gasteiger partial charge in [0.1, 0.15) is 16.1 Å². The Hall–Kier alpha value is -2.20. The maximum atomic E-state index is 12.1. The minimum Gasteiger partial charge on any atom is -0.316 e. The van der Waals surface area contributed by atoms with Crippen molar-refractivity contribution in [1.82, 2.24) is 4.98 Å². The van der Waals surface area contributed by atoms with Crippen LogP contribution in [0.3, 0.4) is 0 Å². The smallest absolute Gasteiger partial charge is 0.231 e. The molecular weight excluding hydrogens is 350 g/mol. The van der Waals surface area contributed by atoms with Crippen molar-refractivity contribution in [1.29, 1.82) is 5.26 Å². The average Bonchev–Trinajstić information content (AvgIpc) is 3.16. The average molecular weight is 360 g/mol. The van der Waals surface area contributed by atoms with Gasteiger partial charge in [-0.2, -0.15) is 5.26 Å². The van der Waals surface area contributed by atoms with E-state index in [1.807, 2.05) is 29.6 Å². The van der Waals surface area contributed by atoms with Gasteiger partial charge >= 0.3 is 0 Å². The molecule has 1 aromatic carbocycles. The molecule has 0 aliphatic heterocycles. The van der Waals surface area contributed by atoms with E-state index in [0.717, 1.165) is 10.6 Å². The van der Waals surface area contributed by atoms with Gasteiger partial charge in [-0.3, -0.25) is 4.79 Å². The monoisotopic (exact) mass is 359 g/mol.